The number of hydrogen-bond donors (Lipinski definition) is 0. The van der Waals surface area contributed by atoms with Crippen molar-refractivity contribution in [1.29, 1.82) is 0 Å². The maximum Gasteiger partial charge on any atom is -0.0163 e. The van der Waals surface area contributed by atoms with Crippen LogP contribution < -0.4 is 0 Å². The lowest BCUT2D eigenvalue weighted by Gasteiger charge is -1.67. The molecule has 0 atom stereocenters. The van der Waals surface area contributed by atoms with E-state index in [0.717, 1.165) is 19.3 Å². The third kappa shape index (κ3) is 12.4. The van der Waals surface area contributed by atoms with E-state index in [9.17, 15) is 0 Å². The molecule has 0 heterocycles. The fraction of sp³-hybridized carbons (Fsp3) is 0.250. The molecule has 2 rings (SSSR count). The summed E-state index contributed by atoms with van der Waals surface area (Å²) in [5.74, 6) is 0. The van der Waals surface area contributed by atoms with Gasteiger partial charge < -0.3 is 0 Å². The summed E-state index contributed by atoms with van der Waals surface area (Å²) in [5, 5.41) is 0. The molecule has 16 heavy (non-hydrogen) atoms. The van der Waals surface area contributed by atoms with E-state index in [1.165, 1.54) is 0 Å². The predicted octanol–water partition coefficient (Wildman–Crippen LogP) is 5.14. The van der Waals surface area contributed by atoms with Crippen molar-refractivity contribution in [2.75, 3.05) is 0 Å². The molecule has 0 N–H and O–H groups in total. The van der Waals surface area contributed by atoms with Crippen LogP contribution in [0.1, 0.15) is 26.2 Å². The zero-order valence-corrected chi connectivity index (χ0v) is 10.2. The Morgan fingerprint density at radius 2 is 1.38 bits per heavy atom. The first-order valence-electron chi connectivity index (χ1n) is 5.82. The molecule has 2 aliphatic carbocycles. The van der Waals surface area contributed by atoms with Crippen LogP contribution in [0.25, 0.3) is 0 Å². The lowest BCUT2D eigenvalue weighted by Crippen LogP contribution is -1.46. The first kappa shape index (κ1) is 14.4. The fourth-order valence-corrected chi connectivity index (χ4v) is 1.02. The molecule has 0 radical (unpaired) electrons. The number of rotatable bonds is 2. The van der Waals surface area contributed by atoms with Crippen LogP contribution in [0.4, 0.5) is 0 Å². The molecular formula is C16H22. The minimum Gasteiger partial charge on any atom is -0.0991 e. The smallest absolute Gasteiger partial charge is 0.0163 e. The van der Waals surface area contributed by atoms with Crippen LogP contribution in [0.15, 0.2) is 73.4 Å². The molecule has 0 unspecified atom stereocenters. The van der Waals surface area contributed by atoms with Crippen LogP contribution in [0.5, 0.6) is 0 Å². The Kier molecular flexibility index (Phi) is 12.1. The molecule has 0 saturated heterocycles. The Morgan fingerprint density at radius 1 is 0.938 bits per heavy atom. The van der Waals surface area contributed by atoms with Gasteiger partial charge in [0.2, 0.25) is 0 Å². The fourth-order valence-electron chi connectivity index (χ4n) is 1.02. The van der Waals surface area contributed by atoms with Crippen molar-refractivity contribution >= 4 is 0 Å². The molecule has 0 amide bonds. The predicted molar refractivity (Wildman–Crippen MR) is 75.4 cm³/mol. The molecular weight excluding hydrogens is 192 g/mol. The topological polar surface area (TPSA) is 0 Å². The Bertz CT molecular complexity index is 243. The van der Waals surface area contributed by atoms with Crippen molar-refractivity contribution in [1.82, 2.24) is 0 Å². The van der Waals surface area contributed by atoms with E-state index in [0.29, 0.717) is 0 Å². The molecule has 0 spiro atoms. The highest BCUT2D eigenvalue weighted by molar-refractivity contribution is 5.12. The maximum atomic E-state index is 3.51. The van der Waals surface area contributed by atoms with E-state index in [1.54, 1.807) is 6.08 Å². The van der Waals surface area contributed by atoms with E-state index in [4.69, 9.17) is 0 Å². The number of hydrogen-bond acceptors (Lipinski definition) is 0. The van der Waals surface area contributed by atoms with E-state index in [2.05, 4.69) is 68.2 Å². The Balaban J connectivity index is 0.000000211. The van der Waals surface area contributed by atoms with Gasteiger partial charge in [0.1, 0.15) is 0 Å². The third-order valence-electron chi connectivity index (χ3n) is 1.82. The molecule has 0 aromatic heterocycles. The molecule has 0 saturated carbocycles. The van der Waals surface area contributed by atoms with Crippen LogP contribution >= 0.6 is 0 Å². The van der Waals surface area contributed by atoms with Gasteiger partial charge in [-0.1, -0.05) is 80.3 Å². The van der Waals surface area contributed by atoms with Gasteiger partial charge in [-0.3, -0.25) is 0 Å². The highest BCUT2D eigenvalue weighted by Crippen LogP contribution is 1.93. The van der Waals surface area contributed by atoms with Gasteiger partial charge in [0.15, 0.2) is 0 Å². The van der Waals surface area contributed by atoms with Crippen LogP contribution in [0.2, 0.25) is 0 Å². The summed E-state index contributed by atoms with van der Waals surface area (Å²) in [6.07, 6.45) is 25.9. The molecule has 0 aromatic carbocycles. The average Bonchev–Trinajstić information content (AvgIpc) is 3.00. The molecule has 0 aliphatic heterocycles. The van der Waals surface area contributed by atoms with E-state index in [1.807, 2.05) is 6.08 Å². The molecule has 0 aromatic rings. The summed E-state index contributed by atoms with van der Waals surface area (Å²) < 4.78 is 0. The van der Waals surface area contributed by atoms with Crippen LogP contribution in [0, 0.1) is 0 Å². The molecule has 86 valence electrons. The van der Waals surface area contributed by atoms with E-state index < -0.39 is 0 Å². The summed E-state index contributed by atoms with van der Waals surface area (Å²) in [4.78, 5) is 0. The summed E-state index contributed by atoms with van der Waals surface area (Å²) >= 11 is 0. The molecule has 0 bridgehead atoms. The van der Waals surface area contributed by atoms with Crippen molar-refractivity contribution < 1.29 is 0 Å². The average molecular weight is 214 g/mol. The third-order valence-corrected chi connectivity index (χ3v) is 1.82. The highest BCUT2D eigenvalue weighted by atomic mass is 13.8. The Labute approximate surface area is 100 Å². The summed E-state index contributed by atoms with van der Waals surface area (Å²) in [6, 6.07) is 0. The zero-order chi connectivity index (χ0) is 11.9. The van der Waals surface area contributed by atoms with Crippen LogP contribution in [-0.2, 0) is 0 Å². The normalized spacial score (nSPS) is 14.6. The summed E-state index contributed by atoms with van der Waals surface area (Å²) in [7, 11) is 0. The molecule has 0 nitrogen and oxygen atoms in total. The van der Waals surface area contributed by atoms with Crippen molar-refractivity contribution in [2.45, 2.75) is 26.2 Å². The monoisotopic (exact) mass is 214 g/mol. The first-order valence-corrected chi connectivity index (χ1v) is 5.82. The minimum atomic E-state index is 1.10. The van der Waals surface area contributed by atoms with Gasteiger partial charge in [-0.05, 0) is 19.3 Å². The van der Waals surface area contributed by atoms with Crippen molar-refractivity contribution in [3.63, 3.8) is 0 Å². The second-order valence-corrected chi connectivity index (χ2v) is 3.26. The summed E-state index contributed by atoms with van der Waals surface area (Å²) in [5.41, 5.74) is 0. The lowest BCUT2D eigenvalue weighted by molar-refractivity contribution is 1.22. The number of allylic oxidation sites excluding steroid dienone is 11. The minimum absolute atomic E-state index is 1.10. The largest absolute Gasteiger partial charge is 0.0991 e. The first-order chi connectivity index (χ1) is 7.91. The standard InChI is InChI=1S/C6H10.2C5H6/c1-3-5-6-4-2;2*1-2-4-5-3-1/h3,5-6H,1,4H2,2H3;2*1-4H,5H2. The zero-order valence-electron chi connectivity index (χ0n) is 10.2. The van der Waals surface area contributed by atoms with E-state index in [-0.39, 0.29) is 0 Å². The van der Waals surface area contributed by atoms with Gasteiger partial charge in [0.25, 0.3) is 0 Å². The molecule has 2 aliphatic rings. The Hall–Kier alpha value is -1.56. The second-order valence-electron chi connectivity index (χ2n) is 3.26. The van der Waals surface area contributed by atoms with Crippen molar-refractivity contribution in [3.8, 4) is 0 Å². The maximum absolute atomic E-state index is 3.51. The molecule has 0 heteroatoms. The van der Waals surface area contributed by atoms with Gasteiger partial charge >= 0.3 is 0 Å². The van der Waals surface area contributed by atoms with E-state index >= 15 is 0 Å². The highest BCUT2D eigenvalue weighted by Gasteiger charge is 1.72. The van der Waals surface area contributed by atoms with Gasteiger partial charge in [0.05, 0.1) is 0 Å². The van der Waals surface area contributed by atoms with Gasteiger partial charge in [-0.25, -0.2) is 0 Å². The summed E-state index contributed by atoms with van der Waals surface area (Å²) in [6.45, 7) is 5.61. The van der Waals surface area contributed by atoms with Crippen molar-refractivity contribution in [3.05, 3.63) is 73.4 Å². The van der Waals surface area contributed by atoms with Crippen molar-refractivity contribution in [2.24, 2.45) is 0 Å². The van der Waals surface area contributed by atoms with Crippen LogP contribution in [0.3, 0.4) is 0 Å². The Morgan fingerprint density at radius 3 is 1.50 bits per heavy atom. The van der Waals surface area contributed by atoms with Gasteiger partial charge in [-0.2, -0.15) is 0 Å². The van der Waals surface area contributed by atoms with Gasteiger partial charge in [0, 0.05) is 0 Å². The second kappa shape index (κ2) is 13.4. The quantitative estimate of drug-likeness (QED) is 0.558. The van der Waals surface area contributed by atoms with Crippen LogP contribution in [-0.4, -0.2) is 0 Å². The lowest BCUT2D eigenvalue weighted by atomic mass is 10.4. The SMILES string of the molecule is C1=CCC=C1.C1=CCC=C1.C=CC=CCC. The molecule has 0 fully saturated rings. The van der Waals surface area contributed by atoms with Gasteiger partial charge in [-0.15, -0.1) is 0 Å².